The van der Waals surface area contributed by atoms with Crippen molar-refractivity contribution in [3.8, 4) is 0 Å². The summed E-state index contributed by atoms with van der Waals surface area (Å²) in [4.78, 5) is 30.0. The molecule has 6 nitrogen and oxygen atoms in total. The largest absolute Gasteiger partial charge is 0.422 e. The number of fused-ring (bicyclic) bond motifs is 3. The number of rotatable bonds is 1. The Morgan fingerprint density at radius 1 is 1.13 bits per heavy atom. The molecule has 0 radical (unpaired) electrons. The fourth-order valence-corrected chi connectivity index (χ4v) is 3.55. The fourth-order valence-electron chi connectivity index (χ4n) is 3.55. The second-order valence-corrected chi connectivity index (χ2v) is 6.57. The second kappa shape index (κ2) is 4.81. The maximum Gasteiger partial charge on any atom is 0.327 e. The molecule has 0 aromatic heterocycles. The van der Waals surface area contributed by atoms with E-state index in [-0.39, 0.29) is 5.92 Å². The summed E-state index contributed by atoms with van der Waals surface area (Å²) >= 11 is 0. The van der Waals surface area contributed by atoms with E-state index in [4.69, 9.17) is 14.3 Å². The van der Waals surface area contributed by atoms with E-state index in [0.717, 1.165) is 24.1 Å². The number of aryl methyl sites for hydroxylation is 1. The zero-order valence-electron chi connectivity index (χ0n) is 12.9. The van der Waals surface area contributed by atoms with Crippen LogP contribution in [0.25, 0.3) is 0 Å². The molecule has 0 saturated carbocycles. The minimum absolute atomic E-state index is 0.101. The van der Waals surface area contributed by atoms with Gasteiger partial charge in [-0.2, -0.15) is 0 Å². The van der Waals surface area contributed by atoms with E-state index in [1.807, 2.05) is 18.2 Å². The van der Waals surface area contributed by atoms with Crippen LogP contribution in [-0.2, 0) is 30.3 Å². The molecule has 1 aliphatic carbocycles. The Morgan fingerprint density at radius 2 is 1.83 bits per heavy atom. The number of carbonyl (C=O) groups is 2. The van der Waals surface area contributed by atoms with Crippen molar-refractivity contribution in [2.24, 2.45) is 17.0 Å². The normalized spacial score (nSPS) is 28.9. The van der Waals surface area contributed by atoms with Gasteiger partial charge in [0.2, 0.25) is 0 Å². The van der Waals surface area contributed by atoms with Crippen LogP contribution in [0.4, 0.5) is 0 Å². The first-order valence-electron chi connectivity index (χ1n) is 7.74. The molecule has 4 rings (SSSR count). The Morgan fingerprint density at radius 3 is 2.57 bits per heavy atom. The van der Waals surface area contributed by atoms with Crippen molar-refractivity contribution in [3.63, 3.8) is 0 Å². The topological polar surface area (TPSA) is 74.2 Å². The van der Waals surface area contributed by atoms with Crippen LogP contribution >= 0.6 is 0 Å². The molecule has 6 heteroatoms. The van der Waals surface area contributed by atoms with Crippen molar-refractivity contribution < 1.29 is 23.9 Å². The number of esters is 2. The lowest BCUT2D eigenvalue weighted by Gasteiger charge is -2.35. The molecule has 1 fully saturated rings. The molecule has 1 aromatic rings. The van der Waals surface area contributed by atoms with Gasteiger partial charge in [-0.25, -0.2) is 0 Å². The fraction of sp³-hybridized carbons (Fsp3) is 0.471. The van der Waals surface area contributed by atoms with E-state index in [1.165, 1.54) is 19.4 Å². The Balaban J connectivity index is 1.62. The Bertz CT molecular complexity index is 703. The van der Waals surface area contributed by atoms with Gasteiger partial charge in [0.1, 0.15) is 0 Å². The van der Waals surface area contributed by atoms with Crippen LogP contribution in [0.5, 0.6) is 0 Å². The van der Waals surface area contributed by atoms with E-state index < -0.39 is 29.7 Å². The summed E-state index contributed by atoms with van der Waals surface area (Å²) in [7, 11) is 0. The quantitative estimate of drug-likeness (QED) is 0.583. The van der Waals surface area contributed by atoms with Crippen molar-refractivity contribution in [3.05, 3.63) is 35.4 Å². The SMILES string of the molecule is CC1(C)OC(=O)C(C2ON=C3c4ccccc4CCC32)C(=O)O1. The van der Waals surface area contributed by atoms with Gasteiger partial charge < -0.3 is 14.3 Å². The first-order chi connectivity index (χ1) is 11.0. The molecule has 0 bridgehead atoms. The second-order valence-electron chi connectivity index (χ2n) is 6.57. The van der Waals surface area contributed by atoms with E-state index in [2.05, 4.69) is 11.2 Å². The van der Waals surface area contributed by atoms with Gasteiger partial charge in [-0.1, -0.05) is 29.4 Å². The Kier molecular flexibility index (Phi) is 2.98. The molecule has 0 N–H and O–H groups in total. The molecule has 0 amide bonds. The van der Waals surface area contributed by atoms with Gasteiger partial charge in [0, 0.05) is 25.3 Å². The molecule has 3 aliphatic rings. The monoisotopic (exact) mass is 315 g/mol. The van der Waals surface area contributed by atoms with Crippen LogP contribution in [0.3, 0.4) is 0 Å². The number of oxime groups is 1. The first-order valence-corrected chi connectivity index (χ1v) is 7.74. The average molecular weight is 315 g/mol. The summed E-state index contributed by atoms with van der Waals surface area (Å²) < 4.78 is 10.4. The molecule has 2 aliphatic heterocycles. The van der Waals surface area contributed by atoms with Gasteiger partial charge in [-0.05, 0) is 18.4 Å². The van der Waals surface area contributed by atoms with Gasteiger partial charge in [0.05, 0.1) is 5.71 Å². The summed E-state index contributed by atoms with van der Waals surface area (Å²) in [5, 5.41) is 4.16. The molecular formula is C17H17NO5. The lowest BCUT2D eigenvalue weighted by molar-refractivity contribution is -0.246. The Labute approximate surface area is 133 Å². The van der Waals surface area contributed by atoms with Crippen molar-refractivity contribution in [2.45, 2.75) is 38.6 Å². The molecular weight excluding hydrogens is 298 g/mol. The summed E-state index contributed by atoms with van der Waals surface area (Å²) in [6, 6.07) is 7.99. The summed E-state index contributed by atoms with van der Waals surface area (Å²) in [5.74, 6) is -3.62. The minimum Gasteiger partial charge on any atom is -0.422 e. The third-order valence-corrected chi connectivity index (χ3v) is 4.57. The van der Waals surface area contributed by atoms with Crippen LogP contribution < -0.4 is 0 Å². The highest BCUT2D eigenvalue weighted by Gasteiger charge is 2.54. The van der Waals surface area contributed by atoms with Gasteiger partial charge >= 0.3 is 11.9 Å². The lowest BCUT2D eigenvalue weighted by Crippen LogP contribution is -2.52. The first kappa shape index (κ1) is 14.2. The van der Waals surface area contributed by atoms with E-state index >= 15 is 0 Å². The third-order valence-electron chi connectivity index (χ3n) is 4.57. The van der Waals surface area contributed by atoms with Crippen LogP contribution in [0.1, 0.15) is 31.4 Å². The van der Waals surface area contributed by atoms with E-state index in [0.29, 0.717) is 0 Å². The van der Waals surface area contributed by atoms with E-state index in [1.54, 1.807) is 0 Å². The predicted octanol–water partition coefficient (Wildman–Crippen LogP) is 1.80. The number of cyclic esters (lactones) is 2. The van der Waals surface area contributed by atoms with Crippen molar-refractivity contribution in [2.75, 3.05) is 0 Å². The minimum atomic E-state index is -1.23. The smallest absolute Gasteiger partial charge is 0.327 e. The van der Waals surface area contributed by atoms with Crippen molar-refractivity contribution >= 4 is 17.7 Å². The highest BCUT2D eigenvalue weighted by molar-refractivity contribution is 6.06. The molecule has 1 saturated heterocycles. The third kappa shape index (κ3) is 2.20. The number of hydrogen-bond donors (Lipinski definition) is 0. The molecule has 1 aromatic carbocycles. The molecule has 23 heavy (non-hydrogen) atoms. The van der Waals surface area contributed by atoms with Crippen LogP contribution in [0.15, 0.2) is 29.4 Å². The van der Waals surface area contributed by atoms with Crippen molar-refractivity contribution in [1.29, 1.82) is 0 Å². The number of ether oxygens (including phenoxy) is 2. The number of benzene rings is 1. The van der Waals surface area contributed by atoms with Crippen LogP contribution in [0, 0.1) is 11.8 Å². The van der Waals surface area contributed by atoms with Gasteiger partial charge in [-0.3, -0.25) is 9.59 Å². The highest BCUT2D eigenvalue weighted by Crippen LogP contribution is 2.39. The van der Waals surface area contributed by atoms with Gasteiger partial charge in [0.25, 0.3) is 5.79 Å². The molecule has 2 heterocycles. The average Bonchev–Trinajstić information content (AvgIpc) is 2.89. The van der Waals surface area contributed by atoms with Crippen LogP contribution in [0.2, 0.25) is 0 Å². The summed E-state index contributed by atoms with van der Waals surface area (Å²) in [5.41, 5.74) is 3.05. The molecule has 120 valence electrons. The maximum absolute atomic E-state index is 12.3. The summed E-state index contributed by atoms with van der Waals surface area (Å²) in [6.45, 7) is 3.07. The Hall–Kier alpha value is -2.37. The summed E-state index contributed by atoms with van der Waals surface area (Å²) in [6.07, 6.45) is 0.984. The number of carbonyl (C=O) groups excluding carboxylic acids is 2. The molecule has 2 unspecified atom stereocenters. The number of hydrogen-bond acceptors (Lipinski definition) is 6. The maximum atomic E-state index is 12.3. The number of nitrogens with zero attached hydrogens (tertiary/aromatic N) is 1. The van der Waals surface area contributed by atoms with Crippen molar-refractivity contribution in [1.82, 2.24) is 0 Å². The highest BCUT2D eigenvalue weighted by atomic mass is 16.7. The predicted molar refractivity (Wildman–Crippen MR) is 79.4 cm³/mol. The van der Waals surface area contributed by atoms with Crippen LogP contribution in [-0.4, -0.2) is 29.5 Å². The zero-order valence-corrected chi connectivity index (χ0v) is 12.9. The van der Waals surface area contributed by atoms with Gasteiger partial charge in [0.15, 0.2) is 12.0 Å². The molecule has 2 atom stereocenters. The van der Waals surface area contributed by atoms with E-state index in [9.17, 15) is 9.59 Å². The van der Waals surface area contributed by atoms with Gasteiger partial charge in [-0.15, -0.1) is 0 Å². The standard InChI is InChI=1S/C17H17NO5/c1-17(2)21-15(19)12(16(20)22-17)14-11-8-7-9-5-3-4-6-10(9)13(11)18-23-14/h3-6,11-12,14H,7-8H2,1-2H3. The molecule has 0 spiro atoms. The zero-order chi connectivity index (χ0) is 16.2. The lowest BCUT2D eigenvalue weighted by atomic mass is 9.76.